The number of aliphatic hydroxyl groups is 3. The molecule has 2 aliphatic rings. The van der Waals surface area contributed by atoms with E-state index in [0.29, 0.717) is 11.6 Å². The van der Waals surface area contributed by atoms with Crippen LogP contribution in [0.2, 0.25) is 0 Å². The van der Waals surface area contributed by atoms with Crippen LogP contribution >= 0.6 is 11.8 Å². The molecule has 0 aromatic heterocycles. The van der Waals surface area contributed by atoms with Gasteiger partial charge in [0.1, 0.15) is 29.8 Å². The average molecular weight is 276 g/mol. The first kappa shape index (κ1) is 13.8. The lowest BCUT2D eigenvalue weighted by atomic mass is 9.99. The average Bonchev–Trinajstić information content (AvgIpc) is 2.76. The van der Waals surface area contributed by atoms with Gasteiger partial charge in [-0.15, -0.1) is 0 Å². The first-order valence-corrected chi connectivity index (χ1v) is 6.61. The van der Waals surface area contributed by atoms with Crippen LogP contribution in [0.25, 0.3) is 0 Å². The van der Waals surface area contributed by atoms with Gasteiger partial charge in [-0.3, -0.25) is 9.79 Å². The van der Waals surface area contributed by atoms with Gasteiger partial charge in [0, 0.05) is 6.42 Å². The van der Waals surface area contributed by atoms with E-state index in [1.165, 1.54) is 11.8 Å². The molecular formula is C10H16N2O5S. The van der Waals surface area contributed by atoms with E-state index in [-0.39, 0.29) is 12.5 Å². The van der Waals surface area contributed by atoms with Gasteiger partial charge in [0.25, 0.3) is 0 Å². The van der Waals surface area contributed by atoms with Gasteiger partial charge in [0.2, 0.25) is 5.91 Å². The molecule has 2 rings (SSSR count). The highest BCUT2D eigenvalue weighted by Gasteiger charge is 2.48. The van der Waals surface area contributed by atoms with E-state index in [1.54, 1.807) is 6.92 Å². The number of ether oxygens (including phenoxy) is 1. The van der Waals surface area contributed by atoms with Gasteiger partial charge in [-0.25, -0.2) is 0 Å². The van der Waals surface area contributed by atoms with E-state index in [1.807, 2.05) is 0 Å². The van der Waals surface area contributed by atoms with Crippen LogP contribution in [0.5, 0.6) is 0 Å². The van der Waals surface area contributed by atoms with Gasteiger partial charge in [0.15, 0.2) is 5.17 Å². The Labute approximate surface area is 108 Å². The van der Waals surface area contributed by atoms with Gasteiger partial charge in [-0.05, 0) is 0 Å². The maximum absolute atomic E-state index is 11.2. The van der Waals surface area contributed by atoms with Crippen LogP contribution in [0.1, 0.15) is 13.3 Å². The first-order chi connectivity index (χ1) is 8.56. The molecule has 0 spiro atoms. The minimum Gasteiger partial charge on any atom is -0.394 e. The Morgan fingerprint density at radius 2 is 2.22 bits per heavy atom. The third-order valence-corrected chi connectivity index (χ3v) is 3.96. The molecule has 1 fully saturated rings. The number of amides is 1. The highest BCUT2D eigenvalue weighted by atomic mass is 32.2. The van der Waals surface area contributed by atoms with Crippen molar-refractivity contribution in [1.29, 1.82) is 0 Å². The Morgan fingerprint density at radius 3 is 2.83 bits per heavy atom. The van der Waals surface area contributed by atoms with Crippen LogP contribution in [-0.4, -0.2) is 62.8 Å². The van der Waals surface area contributed by atoms with E-state index in [2.05, 4.69) is 10.3 Å². The number of nitrogens with zero attached hydrogens (tertiary/aromatic N) is 1. The van der Waals surface area contributed by atoms with E-state index >= 15 is 0 Å². The minimum absolute atomic E-state index is 0.173. The van der Waals surface area contributed by atoms with Crippen molar-refractivity contribution in [2.24, 2.45) is 4.99 Å². The smallest absolute Gasteiger partial charge is 0.225 e. The third kappa shape index (κ3) is 2.52. The zero-order valence-corrected chi connectivity index (χ0v) is 10.6. The summed E-state index contributed by atoms with van der Waals surface area (Å²) in [6.45, 7) is 1.35. The molecule has 0 bridgehead atoms. The summed E-state index contributed by atoms with van der Waals surface area (Å²) in [6, 6.07) is -0.625. The Morgan fingerprint density at radius 1 is 1.50 bits per heavy atom. The molecule has 2 heterocycles. The molecule has 5 atom stereocenters. The molecular weight excluding hydrogens is 260 g/mol. The van der Waals surface area contributed by atoms with Crippen molar-refractivity contribution in [3.63, 3.8) is 0 Å². The molecule has 0 unspecified atom stereocenters. The molecule has 0 aromatic rings. The number of thioether (sulfide) groups is 1. The number of fused-ring (bicyclic) bond motifs is 1. The zero-order valence-electron chi connectivity index (χ0n) is 9.81. The van der Waals surface area contributed by atoms with Gasteiger partial charge in [-0.2, -0.15) is 0 Å². The summed E-state index contributed by atoms with van der Waals surface area (Å²) in [7, 11) is 0. The van der Waals surface area contributed by atoms with E-state index in [4.69, 9.17) is 9.84 Å². The van der Waals surface area contributed by atoms with Crippen molar-refractivity contribution in [2.75, 3.05) is 6.61 Å². The minimum atomic E-state index is -1.18. The molecule has 0 radical (unpaired) electrons. The highest BCUT2D eigenvalue weighted by Crippen LogP contribution is 2.35. The second-order valence-corrected chi connectivity index (χ2v) is 5.24. The first-order valence-electron chi connectivity index (χ1n) is 5.73. The second-order valence-electron chi connectivity index (χ2n) is 4.15. The second kappa shape index (κ2) is 5.54. The number of aliphatic imine (C=N–C) groups is 1. The summed E-state index contributed by atoms with van der Waals surface area (Å²) >= 11 is 1.18. The highest BCUT2D eigenvalue weighted by molar-refractivity contribution is 8.14. The third-order valence-electron chi connectivity index (χ3n) is 2.91. The molecule has 1 amide bonds. The summed E-state index contributed by atoms with van der Waals surface area (Å²) in [5.74, 6) is -0.173. The lowest BCUT2D eigenvalue weighted by molar-refractivity contribution is -0.164. The Bertz CT molecular complexity index is 364. The van der Waals surface area contributed by atoms with Crippen molar-refractivity contribution in [3.8, 4) is 0 Å². The molecule has 18 heavy (non-hydrogen) atoms. The number of hydrogen-bond acceptors (Lipinski definition) is 7. The number of nitrogens with one attached hydrogen (secondary N) is 1. The van der Waals surface area contributed by atoms with E-state index < -0.39 is 29.8 Å². The van der Waals surface area contributed by atoms with Crippen LogP contribution in [0, 0.1) is 0 Å². The summed E-state index contributed by atoms with van der Waals surface area (Å²) in [5.41, 5.74) is -0.493. The molecule has 102 valence electrons. The molecule has 8 heteroatoms. The number of amidine groups is 1. The maximum Gasteiger partial charge on any atom is 0.225 e. The van der Waals surface area contributed by atoms with Crippen LogP contribution < -0.4 is 5.32 Å². The predicted molar refractivity (Wildman–Crippen MR) is 65.0 cm³/mol. The Balaban J connectivity index is 2.05. The predicted octanol–water partition coefficient (Wildman–Crippen LogP) is -1.58. The number of rotatable bonds is 2. The molecule has 0 aromatic carbocycles. The molecule has 2 aliphatic heterocycles. The fraction of sp³-hybridized carbons (Fsp3) is 0.800. The standard InChI is InChI=1S/C10H16N2O5S/c1-2-5(14)11-10-12-6-8(16)7(15)4(3-13)17-9(6)18-10/h4,6-9,13,15-16H,2-3H2,1H3,(H,11,12,14)/t4-,6-,7-,8-,9-/m1/s1. The quantitative estimate of drug-likeness (QED) is 0.484. The van der Waals surface area contributed by atoms with Crippen LogP contribution in [0.3, 0.4) is 0 Å². The van der Waals surface area contributed by atoms with Gasteiger partial charge < -0.3 is 25.4 Å². The molecule has 0 saturated carbocycles. The summed E-state index contributed by atoms with van der Waals surface area (Å²) < 4.78 is 5.42. The fourth-order valence-corrected chi connectivity index (χ4v) is 2.98. The molecule has 7 nitrogen and oxygen atoms in total. The van der Waals surface area contributed by atoms with Crippen LogP contribution in [0.15, 0.2) is 4.99 Å². The molecule has 4 N–H and O–H groups in total. The summed E-state index contributed by atoms with van der Waals surface area (Å²) in [6.07, 6.45) is -2.78. The van der Waals surface area contributed by atoms with E-state index in [0.717, 1.165) is 0 Å². The number of aliphatic hydroxyl groups excluding tert-OH is 3. The number of carbonyl (C=O) groups is 1. The van der Waals surface area contributed by atoms with Crippen molar-refractivity contribution < 1.29 is 24.9 Å². The fourth-order valence-electron chi connectivity index (χ4n) is 1.85. The van der Waals surface area contributed by atoms with Crippen molar-refractivity contribution in [1.82, 2.24) is 5.32 Å². The zero-order chi connectivity index (χ0) is 13.3. The number of hydrogen-bond donors (Lipinski definition) is 4. The van der Waals surface area contributed by atoms with Crippen molar-refractivity contribution >= 4 is 22.8 Å². The Hall–Kier alpha value is -0.670. The topological polar surface area (TPSA) is 111 Å². The van der Waals surface area contributed by atoms with Gasteiger partial charge in [-0.1, -0.05) is 18.7 Å². The maximum atomic E-state index is 11.2. The van der Waals surface area contributed by atoms with Crippen LogP contribution in [-0.2, 0) is 9.53 Å². The lowest BCUT2D eigenvalue weighted by Gasteiger charge is -2.37. The van der Waals surface area contributed by atoms with Crippen LogP contribution in [0.4, 0.5) is 0 Å². The SMILES string of the molecule is CCC(=O)NC1=N[C@@H]2[C@@H](O)[C@H](O)[C@@H](CO)O[C@@H]2S1. The molecule has 1 saturated heterocycles. The lowest BCUT2D eigenvalue weighted by Crippen LogP contribution is -2.55. The Kier molecular flexibility index (Phi) is 4.23. The van der Waals surface area contributed by atoms with Gasteiger partial charge >= 0.3 is 0 Å². The van der Waals surface area contributed by atoms with Gasteiger partial charge in [0.05, 0.1) is 6.61 Å². The summed E-state index contributed by atoms with van der Waals surface area (Å²) in [4.78, 5) is 15.4. The molecule has 0 aliphatic carbocycles. The monoisotopic (exact) mass is 276 g/mol. The van der Waals surface area contributed by atoms with E-state index in [9.17, 15) is 15.0 Å². The van der Waals surface area contributed by atoms with Crippen molar-refractivity contribution in [3.05, 3.63) is 0 Å². The van der Waals surface area contributed by atoms with Crippen molar-refractivity contribution in [2.45, 2.75) is 43.1 Å². The largest absolute Gasteiger partial charge is 0.394 e. The summed E-state index contributed by atoms with van der Waals surface area (Å²) in [5, 5.41) is 31.6. The normalized spacial score (nSPS) is 39.1. The number of carbonyl (C=O) groups excluding carboxylic acids is 1.